The van der Waals surface area contributed by atoms with Crippen LogP contribution in [0.2, 0.25) is 0 Å². The molecule has 0 saturated heterocycles. The SMILES string of the molecule is COCCNC(=O)C(C)N1CCc2cc(C(=O)O)ccc21. The van der Waals surface area contributed by atoms with E-state index in [0.717, 1.165) is 24.2 Å². The topological polar surface area (TPSA) is 78.9 Å². The predicted octanol–water partition coefficient (Wildman–Crippen LogP) is 0.898. The van der Waals surface area contributed by atoms with Crippen LogP contribution in [0, 0.1) is 0 Å². The number of amides is 1. The Morgan fingerprint density at radius 2 is 2.24 bits per heavy atom. The number of ether oxygens (including phenoxy) is 1. The van der Waals surface area contributed by atoms with E-state index in [1.165, 1.54) is 0 Å². The van der Waals surface area contributed by atoms with Gasteiger partial charge < -0.3 is 20.1 Å². The summed E-state index contributed by atoms with van der Waals surface area (Å²) in [6, 6.07) is 4.76. The summed E-state index contributed by atoms with van der Waals surface area (Å²) in [5.41, 5.74) is 2.20. The normalized spacial score (nSPS) is 14.7. The lowest BCUT2D eigenvalue weighted by Gasteiger charge is -2.26. The van der Waals surface area contributed by atoms with Crippen molar-refractivity contribution < 1.29 is 19.4 Å². The van der Waals surface area contributed by atoms with E-state index < -0.39 is 5.97 Å². The number of carboxylic acids is 1. The van der Waals surface area contributed by atoms with Crippen LogP contribution in [0.25, 0.3) is 0 Å². The van der Waals surface area contributed by atoms with Gasteiger partial charge in [-0.25, -0.2) is 4.79 Å². The third kappa shape index (κ3) is 3.33. The van der Waals surface area contributed by atoms with E-state index in [-0.39, 0.29) is 17.5 Å². The van der Waals surface area contributed by atoms with Crippen LogP contribution in [0.15, 0.2) is 18.2 Å². The maximum atomic E-state index is 12.1. The molecule has 1 atom stereocenters. The number of carboxylic acid groups (broad SMARTS) is 1. The molecule has 1 amide bonds. The molecule has 2 rings (SSSR count). The van der Waals surface area contributed by atoms with Gasteiger partial charge in [-0.15, -0.1) is 0 Å². The molecule has 0 aliphatic carbocycles. The van der Waals surface area contributed by atoms with E-state index in [0.29, 0.717) is 13.2 Å². The van der Waals surface area contributed by atoms with Crippen LogP contribution in [0.4, 0.5) is 5.69 Å². The van der Waals surface area contributed by atoms with Gasteiger partial charge in [0.1, 0.15) is 6.04 Å². The highest BCUT2D eigenvalue weighted by Crippen LogP contribution is 2.30. The minimum atomic E-state index is -0.929. The summed E-state index contributed by atoms with van der Waals surface area (Å²) >= 11 is 0. The zero-order valence-corrected chi connectivity index (χ0v) is 12.3. The Labute approximate surface area is 123 Å². The molecule has 6 heteroatoms. The third-order valence-electron chi connectivity index (χ3n) is 3.71. The molecule has 0 bridgehead atoms. The van der Waals surface area contributed by atoms with Crippen molar-refractivity contribution in [3.05, 3.63) is 29.3 Å². The van der Waals surface area contributed by atoms with Crippen molar-refractivity contribution in [1.29, 1.82) is 0 Å². The Hall–Kier alpha value is -2.08. The summed E-state index contributed by atoms with van der Waals surface area (Å²) in [7, 11) is 1.59. The van der Waals surface area contributed by atoms with Crippen LogP contribution in [0.3, 0.4) is 0 Å². The standard InChI is InChI=1S/C15H20N2O4/c1-10(14(18)16-6-8-21-2)17-7-5-11-9-12(15(19)20)3-4-13(11)17/h3-4,9-10H,5-8H2,1-2H3,(H,16,18)(H,19,20). The molecule has 1 aromatic rings. The molecular weight excluding hydrogens is 272 g/mol. The summed E-state index contributed by atoms with van der Waals surface area (Å²) in [5.74, 6) is -0.983. The second kappa shape index (κ2) is 6.58. The van der Waals surface area contributed by atoms with Crippen molar-refractivity contribution >= 4 is 17.6 Å². The molecular formula is C15H20N2O4. The largest absolute Gasteiger partial charge is 0.478 e. The fraction of sp³-hybridized carbons (Fsp3) is 0.467. The van der Waals surface area contributed by atoms with Crippen LogP contribution in [0.1, 0.15) is 22.8 Å². The second-order valence-corrected chi connectivity index (χ2v) is 5.05. The number of methoxy groups -OCH3 is 1. The number of nitrogens with one attached hydrogen (secondary N) is 1. The monoisotopic (exact) mass is 292 g/mol. The van der Waals surface area contributed by atoms with Gasteiger partial charge >= 0.3 is 5.97 Å². The summed E-state index contributed by atoms with van der Waals surface area (Å²) in [6.07, 6.45) is 0.756. The fourth-order valence-corrected chi connectivity index (χ4v) is 2.53. The fourth-order valence-electron chi connectivity index (χ4n) is 2.53. The van der Waals surface area contributed by atoms with E-state index in [2.05, 4.69) is 5.32 Å². The Morgan fingerprint density at radius 3 is 2.90 bits per heavy atom. The lowest BCUT2D eigenvalue weighted by Crippen LogP contribution is -2.45. The van der Waals surface area contributed by atoms with Crippen molar-refractivity contribution in [3.8, 4) is 0 Å². The molecule has 0 saturated carbocycles. The van der Waals surface area contributed by atoms with Gasteiger partial charge in [0.05, 0.1) is 12.2 Å². The van der Waals surface area contributed by atoms with E-state index in [1.807, 2.05) is 11.8 Å². The number of benzene rings is 1. The molecule has 114 valence electrons. The molecule has 1 aliphatic rings. The first kappa shape index (κ1) is 15.3. The van der Waals surface area contributed by atoms with E-state index >= 15 is 0 Å². The van der Waals surface area contributed by atoms with E-state index in [4.69, 9.17) is 9.84 Å². The Balaban J connectivity index is 2.07. The van der Waals surface area contributed by atoms with Gasteiger partial charge in [-0.3, -0.25) is 4.79 Å². The van der Waals surface area contributed by atoms with Crippen molar-refractivity contribution in [2.45, 2.75) is 19.4 Å². The lowest BCUT2D eigenvalue weighted by atomic mass is 10.1. The van der Waals surface area contributed by atoms with Crippen molar-refractivity contribution in [1.82, 2.24) is 5.32 Å². The summed E-state index contributed by atoms with van der Waals surface area (Å²) < 4.78 is 4.91. The van der Waals surface area contributed by atoms with Crippen LogP contribution in [0.5, 0.6) is 0 Å². The number of carbonyl (C=O) groups is 2. The Bertz CT molecular complexity index is 544. The average molecular weight is 292 g/mol. The Morgan fingerprint density at radius 1 is 1.48 bits per heavy atom. The first-order valence-electron chi connectivity index (χ1n) is 6.94. The average Bonchev–Trinajstić information content (AvgIpc) is 2.89. The zero-order valence-electron chi connectivity index (χ0n) is 12.3. The van der Waals surface area contributed by atoms with Gasteiger partial charge in [0.25, 0.3) is 0 Å². The van der Waals surface area contributed by atoms with Gasteiger partial charge in [-0.1, -0.05) is 0 Å². The molecule has 1 heterocycles. The smallest absolute Gasteiger partial charge is 0.335 e. The maximum Gasteiger partial charge on any atom is 0.335 e. The maximum absolute atomic E-state index is 12.1. The number of rotatable bonds is 6. The molecule has 1 unspecified atom stereocenters. The minimum Gasteiger partial charge on any atom is -0.478 e. The van der Waals surface area contributed by atoms with Gasteiger partial charge in [0.15, 0.2) is 0 Å². The molecule has 1 aromatic carbocycles. The van der Waals surface area contributed by atoms with Gasteiger partial charge in [0, 0.05) is 25.9 Å². The molecule has 21 heavy (non-hydrogen) atoms. The highest BCUT2D eigenvalue weighted by Gasteiger charge is 2.28. The summed E-state index contributed by atoms with van der Waals surface area (Å²) in [5, 5.41) is 11.8. The molecule has 2 N–H and O–H groups in total. The molecule has 0 aromatic heterocycles. The Kier molecular flexibility index (Phi) is 4.80. The highest BCUT2D eigenvalue weighted by molar-refractivity contribution is 5.90. The van der Waals surface area contributed by atoms with E-state index in [9.17, 15) is 9.59 Å². The number of nitrogens with zero attached hydrogens (tertiary/aromatic N) is 1. The van der Waals surface area contributed by atoms with Crippen molar-refractivity contribution in [2.24, 2.45) is 0 Å². The van der Waals surface area contributed by atoms with Crippen LogP contribution in [-0.2, 0) is 16.0 Å². The first-order chi connectivity index (χ1) is 10.0. The van der Waals surface area contributed by atoms with Crippen molar-refractivity contribution in [3.63, 3.8) is 0 Å². The van der Waals surface area contributed by atoms with Crippen LogP contribution >= 0.6 is 0 Å². The van der Waals surface area contributed by atoms with Gasteiger partial charge in [-0.2, -0.15) is 0 Å². The summed E-state index contributed by atoms with van der Waals surface area (Å²) in [4.78, 5) is 25.1. The molecule has 6 nitrogen and oxygen atoms in total. The number of anilines is 1. The number of hydrogen-bond acceptors (Lipinski definition) is 4. The summed E-state index contributed by atoms with van der Waals surface area (Å²) in [6.45, 7) is 3.54. The molecule has 0 fully saturated rings. The van der Waals surface area contributed by atoms with Crippen molar-refractivity contribution in [2.75, 3.05) is 31.7 Å². The number of hydrogen-bond donors (Lipinski definition) is 2. The lowest BCUT2D eigenvalue weighted by molar-refractivity contribution is -0.122. The second-order valence-electron chi connectivity index (χ2n) is 5.05. The van der Waals surface area contributed by atoms with Gasteiger partial charge in [0.2, 0.25) is 5.91 Å². The zero-order chi connectivity index (χ0) is 15.4. The predicted molar refractivity (Wildman–Crippen MR) is 78.8 cm³/mol. The van der Waals surface area contributed by atoms with Gasteiger partial charge in [-0.05, 0) is 37.1 Å². The number of carbonyl (C=O) groups excluding carboxylic acids is 1. The van der Waals surface area contributed by atoms with Crippen LogP contribution in [-0.4, -0.2) is 49.8 Å². The quantitative estimate of drug-likeness (QED) is 0.762. The number of aromatic carboxylic acids is 1. The molecule has 0 spiro atoms. The van der Waals surface area contributed by atoms with Crippen LogP contribution < -0.4 is 10.2 Å². The minimum absolute atomic E-state index is 0.0535. The number of fused-ring (bicyclic) bond motifs is 1. The van der Waals surface area contributed by atoms with E-state index in [1.54, 1.807) is 25.3 Å². The molecule has 1 aliphatic heterocycles. The molecule has 0 radical (unpaired) electrons. The first-order valence-corrected chi connectivity index (χ1v) is 6.94. The highest BCUT2D eigenvalue weighted by atomic mass is 16.5. The third-order valence-corrected chi connectivity index (χ3v) is 3.71.